The van der Waals surface area contributed by atoms with Gasteiger partial charge in [-0.1, -0.05) is 13.3 Å². The predicted octanol–water partition coefficient (Wildman–Crippen LogP) is 2.96. The highest BCUT2D eigenvalue weighted by molar-refractivity contribution is 5.76. The van der Waals surface area contributed by atoms with Crippen molar-refractivity contribution in [2.75, 3.05) is 26.4 Å². The van der Waals surface area contributed by atoms with E-state index in [0.717, 1.165) is 32.3 Å². The highest BCUT2D eigenvalue weighted by Gasteiger charge is 2.77. The number of epoxide rings is 1. The second kappa shape index (κ2) is 8.60. The Morgan fingerprint density at radius 2 is 1.91 bits per heavy atom. The smallest absolute Gasteiger partial charge is 0.310 e. The number of fused-ring (bicyclic) bond motifs is 2. The van der Waals surface area contributed by atoms with Gasteiger partial charge in [0.2, 0.25) is 0 Å². The average molecular weight is 453 g/mol. The van der Waals surface area contributed by atoms with Gasteiger partial charge in [-0.05, 0) is 56.3 Å². The second-order valence-electron chi connectivity index (χ2n) is 10.4. The molecule has 4 aliphatic rings. The first-order valence-corrected chi connectivity index (χ1v) is 11.9. The fraction of sp³-hybridized carbons (Fsp3) is 0.875. The van der Waals surface area contributed by atoms with Gasteiger partial charge in [-0.15, -0.1) is 0 Å². The van der Waals surface area contributed by atoms with Gasteiger partial charge in [0.15, 0.2) is 0 Å². The van der Waals surface area contributed by atoms with E-state index in [1.54, 1.807) is 0 Å². The van der Waals surface area contributed by atoms with Gasteiger partial charge < -0.3 is 24.1 Å². The van der Waals surface area contributed by atoms with E-state index < -0.39 is 40.4 Å². The molecule has 8 heteroatoms. The lowest BCUT2D eigenvalue weighted by Gasteiger charge is -2.62. The molecule has 0 aromatic heterocycles. The number of carboxylic acid groups (broad SMARTS) is 1. The summed E-state index contributed by atoms with van der Waals surface area (Å²) >= 11 is 0. The van der Waals surface area contributed by atoms with Crippen LogP contribution in [0.2, 0.25) is 0 Å². The van der Waals surface area contributed by atoms with Crippen LogP contribution < -0.4 is 0 Å². The zero-order valence-corrected chi connectivity index (χ0v) is 19.4. The van der Waals surface area contributed by atoms with Crippen molar-refractivity contribution in [1.82, 2.24) is 0 Å². The largest absolute Gasteiger partial charge is 0.481 e. The molecule has 0 amide bonds. The topological polar surface area (TPSA) is 112 Å². The molecule has 0 bridgehead atoms. The summed E-state index contributed by atoms with van der Waals surface area (Å²) in [5, 5.41) is 10.7. The van der Waals surface area contributed by atoms with E-state index in [9.17, 15) is 19.5 Å². The van der Waals surface area contributed by atoms with Crippen LogP contribution in [0, 0.1) is 28.6 Å². The third-order valence-electron chi connectivity index (χ3n) is 8.89. The SMILES string of the molecule is CC(=O)OC[C@@]12[C@@H](OC(C)=O)C[C@@H](C)[C@@](CCC3CCOC3)(C(=O)O)[C@H]1CCC[C@]21CO1. The van der Waals surface area contributed by atoms with Crippen LogP contribution in [-0.2, 0) is 33.3 Å². The van der Waals surface area contributed by atoms with Crippen molar-refractivity contribution in [3.63, 3.8) is 0 Å². The molecule has 4 fully saturated rings. The number of hydrogen-bond acceptors (Lipinski definition) is 7. The van der Waals surface area contributed by atoms with Crippen LogP contribution in [0.1, 0.15) is 65.7 Å². The fourth-order valence-electron chi connectivity index (χ4n) is 7.26. The van der Waals surface area contributed by atoms with Gasteiger partial charge in [-0.25, -0.2) is 0 Å². The molecule has 7 atom stereocenters. The minimum atomic E-state index is -1.00. The first-order chi connectivity index (χ1) is 15.2. The number of rotatable bonds is 7. The normalized spacial score (nSPS) is 42.8. The Morgan fingerprint density at radius 1 is 1.16 bits per heavy atom. The molecule has 1 N–H and O–H groups in total. The number of carbonyl (C=O) groups is 3. The molecular weight excluding hydrogens is 416 g/mol. The van der Waals surface area contributed by atoms with Crippen LogP contribution in [0.15, 0.2) is 0 Å². The lowest BCUT2D eigenvalue weighted by Crippen LogP contribution is -2.69. The molecule has 1 unspecified atom stereocenters. The fourth-order valence-corrected chi connectivity index (χ4v) is 7.26. The number of esters is 2. The van der Waals surface area contributed by atoms with Crippen molar-refractivity contribution in [3.8, 4) is 0 Å². The van der Waals surface area contributed by atoms with Crippen molar-refractivity contribution >= 4 is 17.9 Å². The lowest BCUT2D eigenvalue weighted by atomic mass is 9.42. The monoisotopic (exact) mass is 452 g/mol. The highest BCUT2D eigenvalue weighted by Crippen LogP contribution is 2.69. The zero-order chi connectivity index (χ0) is 23.1. The van der Waals surface area contributed by atoms with E-state index in [0.29, 0.717) is 38.4 Å². The molecular formula is C24H36O8. The first kappa shape index (κ1) is 23.5. The van der Waals surface area contributed by atoms with Crippen LogP contribution in [0.3, 0.4) is 0 Å². The average Bonchev–Trinajstić information content (AvgIpc) is 3.29. The van der Waals surface area contributed by atoms with Crippen molar-refractivity contribution in [1.29, 1.82) is 0 Å². The zero-order valence-electron chi connectivity index (χ0n) is 19.4. The van der Waals surface area contributed by atoms with Crippen LogP contribution >= 0.6 is 0 Å². The number of aliphatic carboxylic acids is 1. The van der Waals surface area contributed by atoms with E-state index in [2.05, 4.69) is 0 Å². The molecule has 2 saturated heterocycles. The van der Waals surface area contributed by atoms with E-state index in [4.69, 9.17) is 18.9 Å². The molecule has 0 aromatic carbocycles. The Kier molecular flexibility index (Phi) is 6.31. The van der Waals surface area contributed by atoms with Crippen LogP contribution in [0.5, 0.6) is 0 Å². The van der Waals surface area contributed by atoms with Gasteiger partial charge in [-0.2, -0.15) is 0 Å². The van der Waals surface area contributed by atoms with Crippen molar-refractivity contribution in [2.45, 2.75) is 77.4 Å². The third kappa shape index (κ3) is 3.63. The summed E-state index contributed by atoms with van der Waals surface area (Å²) in [5.41, 5.74) is -2.47. The third-order valence-corrected chi connectivity index (χ3v) is 8.89. The number of ether oxygens (including phenoxy) is 4. The van der Waals surface area contributed by atoms with E-state index in [1.165, 1.54) is 13.8 Å². The summed E-state index contributed by atoms with van der Waals surface area (Å²) in [6, 6.07) is 0. The molecule has 0 aromatic rings. The maximum absolute atomic E-state index is 13.1. The maximum Gasteiger partial charge on any atom is 0.310 e. The number of carboxylic acids is 1. The summed E-state index contributed by atoms with van der Waals surface area (Å²) in [6.07, 6.45) is 4.41. The molecule has 32 heavy (non-hydrogen) atoms. The number of hydrogen-bond donors (Lipinski definition) is 1. The number of carbonyl (C=O) groups excluding carboxylic acids is 2. The molecule has 180 valence electrons. The van der Waals surface area contributed by atoms with Gasteiger partial charge in [0.05, 0.1) is 17.4 Å². The molecule has 2 aliphatic heterocycles. The Morgan fingerprint density at radius 3 is 2.47 bits per heavy atom. The lowest BCUT2D eigenvalue weighted by molar-refractivity contribution is -0.235. The quantitative estimate of drug-likeness (QED) is 0.464. The molecule has 2 saturated carbocycles. The molecule has 2 heterocycles. The van der Waals surface area contributed by atoms with Crippen molar-refractivity contribution < 1.29 is 38.4 Å². The minimum absolute atomic E-state index is 0.0131. The van der Waals surface area contributed by atoms with Gasteiger partial charge in [-0.3, -0.25) is 14.4 Å². The summed E-state index contributed by atoms with van der Waals surface area (Å²) < 4.78 is 23.0. The first-order valence-electron chi connectivity index (χ1n) is 11.9. The van der Waals surface area contributed by atoms with Crippen molar-refractivity contribution in [2.24, 2.45) is 28.6 Å². The molecule has 4 rings (SSSR count). The summed E-state index contributed by atoms with van der Waals surface area (Å²) in [5.74, 6) is -1.80. The Labute approximate surface area is 189 Å². The van der Waals surface area contributed by atoms with E-state index >= 15 is 0 Å². The van der Waals surface area contributed by atoms with E-state index in [1.807, 2.05) is 6.92 Å². The molecule has 0 radical (unpaired) electrons. The summed E-state index contributed by atoms with van der Waals surface area (Å²) in [6.45, 7) is 6.60. The second-order valence-corrected chi connectivity index (χ2v) is 10.4. The van der Waals surface area contributed by atoms with Gasteiger partial charge in [0.25, 0.3) is 0 Å². The Balaban J connectivity index is 1.79. The van der Waals surface area contributed by atoms with Crippen LogP contribution in [0.25, 0.3) is 0 Å². The van der Waals surface area contributed by atoms with Crippen LogP contribution in [0.4, 0.5) is 0 Å². The maximum atomic E-state index is 13.1. The van der Waals surface area contributed by atoms with Gasteiger partial charge in [0, 0.05) is 27.1 Å². The van der Waals surface area contributed by atoms with E-state index in [-0.39, 0.29) is 18.4 Å². The minimum Gasteiger partial charge on any atom is -0.481 e. The molecule has 1 spiro atoms. The van der Waals surface area contributed by atoms with Crippen molar-refractivity contribution in [3.05, 3.63) is 0 Å². The molecule has 2 aliphatic carbocycles. The highest BCUT2D eigenvalue weighted by atomic mass is 16.6. The summed E-state index contributed by atoms with van der Waals surface area (Å²) in [7, 11) is 0. The Bertz CT molecular complexity index is 755. The predicted molar refractivity (Wildman–Crippen MR) is 113 cm³/mol. The summed E-state index contributed by atoms with van der Waals surface area (Å²) in [4.78, 5) is 37.1. The molecule has 8 nitrogen and oxygen atoms in total. The standard InChI is InChI=1S/C24H36O8/c1-15-11-20(32-17(3)26)24(14-30-16(2)25)19(5-4-8-22(24)13-31-22)23(15,21(27)28)9-6-18-7-10-29-12-18/h15,18-20H,4-14H2,1-3H3,(H,27,28)/t15-,18?,19-,20+,22+,23-,24+/m1/s1. The van der Waals surface area contributed by atoms with Crippen LogP contribution in [-0.4, -0.2) is 61.1 Å². The van der Waals surface area contributed by atoms with Gasteiger partial charge in [0.1, 0.15) is 18.3 Å². The van der Waals surface area contributed by atoms with Gasteiger partial charge >= 0.3 is 17.9 Å². The Hall–Kier alpha value is -1.67.